The molecule has 0 fully saturated rings. The van der Waals surface area contributed by atoms with Crippen LogP contribution in [-0.2, 0) is 0 Å². The third-order valence-corrected chi connectivity index (χ3v) is 2.82. The van der Waals surface area contributed by atoms with Crippen molar-refractivity contribution in [2.24, 2.45) is 5.84 Å². The average Bonchev–Trinajstić information content (AvgIpc) is 2.79. The molecule has 2 aromatic rings. The number of hydrogen-bond donors (Lipinski definition) is 2. The molecular weight excluding hydrogens is 212 g/mol. The van der Waals surface area contributed by atoms with Crippen molar-refractivity contribution >= 4 is 11.0 Å². The van der Waals surface area contributed by atoms with Crippen molar-refractivity contribution < 1.29 is 4.42 Å². The highest BCUT2D eigenvalue weighted by Gasteiger charge is 2.14. The van der Waals surface area contributed by atoms with Gasteiger partial charge in [0.2, 0.25) is 0 Å². The van der Waals surface area contributed by atoms with E-state index < -0.39 is 0 Å². The Bertz CT molecular complexity index is 548. The van der Waals surface area contributed by atoms with Gasteiger partial charge in [-0.25, -0.2) is 0 Å². The van der Waals surface area contributed by atoms with E-state index in [0.717, 1.165) is 29.4 Å². The number of para-hydroxylation sites is 1. The second-order valence-corrected chi connectivity index (χ2v) is 3.87. The van der Waals surface area contributed by atoms with Crippen LogP contribution in [0, 0.1) is 11.8 Å². The van der Waals surface area contributed by atoms with Crippen LogP contribution in [0.3, 0.4) is 0 Å². The van der Waals surface area contributed by atoms with Gasteiger partial charge in [-0.05, 0) is 19.4 Å². The van der Waals surface area contributed by atoms with Crippen LogP contribution in [0.25, 0.3) is 11.0 Å². The lowest BCUT2D eigenvalue weighted by molar-refractivity contribution is 0.514. The Morgan fingerprint density at radius 3 is 3.00 bits per heavy atom. The van der Waals surface area contributed by atoms with E-state index in [1.54, 1.807) is 6.26 Å². The topological polar surface area (TPSA) is 51.2 Å². The minimum Gasteiger partial charge on any atom is -0.464 e. The zero-order chi connectivity index (χ0) is 12.1. The van der Waals surface area contributed by atoms with Crippen molar-refractivity contribution in [1.29, 1.82) is 0 Å². The maximum atomic E-state index is 5.60. The number of furan rings is 1. The Balaban J connectivity index is 2.25. The molecule has 1 unspecified atom stereocenters. The van der Waals surface area contributed by atoms with Crippen LogP contribution >= 0.6 is 0 Å². The van der Waals surface area contributed by atoms with Crippen LogP contribution in [0.15, 0.2) is 34.9 Å². The van der Waals surface area contributed by atoms with Gasteiger partial charge in [0.05, 0.1) is 12.3 Å². The van der Waals surface area contributed by atoms with Gasteiger partial charge in [-0.3, -0.25) is 11.3 Å². The summed E-state index contributed by atoms with van der Waals surface area (Å²) in [6.07, 6.45) is 3.47. The van der Waals surface area contributed by atoms with E-state index in [0.29, 0.717) is 0 Å². The minimum atomic E-state index is 0.0829. The first-order chi connectivity index (χ1) is 8.36. The summed E-state index contributed by atoms with van der Waals surface area (Å²) in [7, 11) is 0. The molecule has 1 atom stereocenters. The smallest absolute Gasteiger partial charge is 0.134 e. The molecule has 0 saturated carbocycles. The van der Waals surface area contributed by atoms with Crippen molar-refractivity contribution in [2.75, 3.05) is 0 Å². The van der Waals surface area contributed by atoms with Crippen molar-refractivity contribution in [3.8, 4) is 11.8 Å². The largest absolute Gasteiger partial charge is 0.464 e. The second-order valence-electron chi connectivity index (χ2n) is 3.87. The van der Waals surface area contributed by atoms with Crippen molar-refractivity contribution in [3.05, 3.63) is 36.1 Å². The van der Waals surface area contributed by atoms with Gasteiger partial charge in [-0.1, -0.05) is 18.2 Å². The van der Waals surface area contributed by atoms with E-state index in [4.69, 9.17) is 10.3 Å². The van der Waals surface area contributed by atoms with Crippen LogP contribution in [-0.4, -0.2) is 0 Å². The Kier molecular flexibility index (Phi) is 3.81. The third kappa shape index (κ3) is 2.50. The van der Waals surface area contributed by atoms with Gasteiger partial charge >= 0.3 is 0 Å². The van der Waals surface area contributed by atoms with E-state index in [-0.39, 0.29) is 6.04 Å². The van der Waals surface area contributed by atoms with E-state index in [9.17, 15) is 0 Å². The molecule has 2 rings (SSSR count). The van der Waals surface area contributed by atoms with Crippen molar-refractivity contribution in [1.82, 2.24) is 5.43 Å². The second kappa shape index (κ2) is 5.53. The Morgan fingerprint density at radius 1 is 1.41 bits per heavy atom. The highest BCUT2D eigenvalue weighted by Crippen LogP contribution is 2.28. The molecule has 1 heterocycles. The fourth-order valence-corrected chi connectivity index (χ4v) is 1.94. The molecule has 1 aromatic heterocycles. The summed E-state index contributed by atoms with van der Waals surface area (Å²) in [5, 5.41) is 1.11. The van der Waals surface area contributed by atoms with Gasteiger partial charge in [0.25, 0.3) is 0 Å². The molecule has 0 aliphatic rings. The summed E-state index contributed by atoms with van der Waals surface area (Å²) in [4.78, 5) is 0. The average molecular weight is 228 g/mol. The fraction of sp³-hybridized carbons (Fsp3) is 0.286. The highest BCUT2D eigenvalue weighted by molar-refractivity contribution is 5.81. The molecule has 88 valence electrons. The molecule has 3 nitrogen and oxygen atoms in total. The number of nitrogens with two attached hydrogens (primary N) is 1. The van der Waals surface area contributed by atoms with Crippen molar-refractivity contribution in [2.45, 2.75) is 25.8 Å². The van der Waals surface area contributed by atoms with Gasteiger partial charge < -0.3 is 4.42 Å². The lowest BCUT2D eigenvalue weighted by Crippen LogP contribution is -2.27. The maximum absolute atomic E-state index is 5.60. The van der Waals surface area contributed by atoms with Gasteiger partial charge in [-0.15, -0.1) is 11.8 Å². The third-order valence-electron chi connectivity index (χ3n) is 2.82. The minimum absolute atomic E-state index is 0.0829. The quantitative estimate of drug-likeness (QED) is 0.480. The highest BCUT2D eigenvalue weighted by atomic mass is 16.3. The molecule has 0 spiro atoms. The standard InChI is InChI=1S/C14H16N2O/c1-2-3-4-8-13(16-15)12-10-17-14-9-6-5-7-11(12)14/h5-7,9-10,13,16H,4,8,15H2,1H3. The molecule has 0 amide bonds. The van der Waals surface area contributed by atoms with Gasteiger partial charge in [0.1, 0.15) is 5.58 Å². The fourth-order valence-electron chi connectivity index (χ4n) is 1.94. The van der Waals surface area contributed by atoms with Crippen LogP contribution in [0.5, 0.6) is 0 Å². The maximum Gasteiger partial charge on any atom is 0.134 e. The van der Waals surface area contributed by atoms with Gasteiger partial charge in [-0.2, -0.15) is 0 Å². The van der Waals surface area contributed by atoms with E-state index >= 15 is 0 Å². The van der Waals surface area contributed by atoms with Crippen LogP contribution in [0.1, 0.15) is 31.4 Å². The summed E-state index contributed by atoms with van der Waals surface area (Å²) in [5.41, 5.74) is 4.82. The number of hydrogen-bond acceptors (Lipinski definition) is 3. The molecule has 3 N–H and O–H groups in total. The molecular formula is C14H16N2O. The number of hydrazine groups is 1. The first kappa shape index (κ1) is 11.7. The summed E-state index contributed by atoms with van der Waals surface area (Å²) in [6.45, 7) is 1.85. The number of fused-ring (bicyclic) bond motifs is 1. The van der Waals surface area contributed by atoms with Gasteiger partial charge in [0.15, 0.2) is 0 Å². The molecule has 3 heteroatoms. The monoisotopic (exact) mass is 228 g/mol. The lowest BCUT2D eigenvalue weighted by atomic mass is 10.0. The summed E-state index contributed by atoms with van der Waals surface area (Å²) >= 11 is 0. The molecule has 0 saturated heterocycles. The van der Waals surface area contributed by atoms with Crippen LogP contribution in [0.2, 0.25) is 0 Å². The lowest BCUT2D eigenvalue weighted by Gasteiger charge is -2.12. The zero-order valence-electron chi connectivity index (χ0n) is 9.86. The Labute approximate surface area is 101 Å². The summed E-state index contributed by atoms with van der Waals surface area (Å²) in [5.74, 6) is 11.5. The number of rotatable bonds is 4. The molecule has 0 bridgehead atoms. The van der Waals surface area contributed by atoms with Crippen LogP contribution in [0.4, 0.5) is 0 Å². The van der Waals surface area contributed by atoms with E-state index in [2.05, 4.69) is 17.3 Å². The summed E-state index contributed by atoms with van der Waals surface area (Å²) in [6, 6.07) is 8.05. The van der Waals surface area contributed by atoms with E-state index in [1.165, 1.54) is 0 Å². The number of benzene rings is 1. The predicted molar refractivity (Wildman–Crippen MR) is 69.0 cm³/mol. The predicted octanol–water partition coefficient (Wildman–Crippen LogP) is 2.74. The normalized spacial score (nSPS) is 12.1. The molecule has 0 radical (unpaired) electrons. The first-order valence-corrected chi connectivity index (χ1v) is 5.68. The zero-order valence-corrected chi connectivity index (χ0v) is 9.86. The van der Waals surface area contributed by atoms with Crippen LogP contribution < -0.4 is 11.3 Å². The van der Waals surface area contributed by atoms with Crippen molar-refractivity contribution in [3.63, 3.8) is 0 Å². The molecule has 17 heavy (non-hydrogen) atoms. The molecule has 0 aliphatic carbocycles. The number of nitrogens with one attached hydrogen (secondary N) is 1. The first-order valence-electron chi connectivity index (χ1n) is 5.68. The molecule has 1 aromatic carbocycles. The Hall–Kier alpha value is -1.76. The Morgan fingerprint density at radius 2 is 2.24 bits per heavy atom. The SMILES string of the molecule is CC#CCCC(NN)c1coc2ccccc12. The van der Waals surface area contributed by atoms with E-state index in [1.807, 2.05) is 31.2 Å². The summed E-state index contributed by atoms with van der Waals surface area (Å²) < 4.78 is 5.51. The molecule has 0 aliphatic heterocycles. The van der Waals surface area contributed by atoms with Gasteiger partial charge in [0, 0.05) is 17.4 Å².